The molecule has 2 atom stereocenters. The number of carboxylic acids is 1. The fourth-order valence-corrected chi connectivity index (χ4v) is 2.81. The van der Waals surface area contributed by atoms with Crippen molar-refractivity contribution in [3.8, 4) is 0 Å². The van der Waals surface area contributed by atoms with Gasteiger partial charge in [-0.25, -0.2) is 4.79 Å². The summed E-state index contributed by atoms with van der Waals surface area (Å²) in [7, 11) is 0. The molecule has 2 rings (SSSR count). The molecule has 0 aromatic heterocycles. The number of rotatable bonds is 4. The predicted molar refractivity (Wildman–Crippen MR) is 78.3 cm³/mol. The summed E-state index contributed by atoms with van der Waals surface area (Å²) in [4.78, 5) is 25.4. The third-order valence-corrected chi connectivity index (χ3v) is 3.81. The Labute approximate surface area is 124 Å². The Balaban J connectivity index is 2.02. The van der Waals surface area contributed by atoms with Crippen LogP contribution in [0.4, 0.5) is 0 Å². The van der Waals surface area contributed by atoms with Crippen molar-refractivity contribution in [3.05, 3.63) is 35.4 Å². The van der Waals surface area contributed by atoms with Crippen molar-refractivity contribution in [3.63, 3.8) is 0 Å². The van der Waals surface area contributed by atoms with Gasteiger partial charge >= 0.3 is 5.97 Å². The van der Waals surface area contributed by atoms with Crippen LogP contribution < -0.4 is 0 Å². The van der Waals surface area contributed by atoms with Crippen molar-refractivity contribution in [1.29, 1.82) is 0 Å². The Morgan fingerprint density at radius 2 is 1.86 bits per heavy atom. The maximum Gasteiger partial charge on any atom is 0.335 e. The lowest BCUT2D eigenvalue weighted by Gasteiger charge is -2.39. The number of aryl methyl sites for hydroxylation is 1. The van der Waals surface area contributed by atoms with E-state index in [1.807, 2.05) is 18.7 Å². The molecule has 1 saturated heterocycles. The summed E-state index contributed by atoms with van der Waals surface area (Å²) in [6.07, 6.45) is 0.761. The number of benzene rings is 1. The zero-order valence-electron chi connectivity index (χ0n) is 12.4. The smallest absolute Gasteiger partial charge is 0.335 e. The van der Waals surface area contributed by atoms with Gasteiger partial charge in [0.2, 0.25) is 5.91 Å². The lowest BCUT2D eigenvalue weighted by atomic mass is 10.0. The first-order chi connectivity index (χ1) is 10.0. The molecule has 1 heterocycles. The Kier molecular flexibility index (Phi) is 4.96. The standard InChI is InChI=1S/C16H21NO4/c1-11-9-21-10-12(2)17(11)15(18)8-7-13-5-3-4-6-14(13)16(19)20/h3-6,11-12H,7-10H2,1-2H3,(H,19,20). The molecule has 0 spiro atoms. The second-order valence-electron chi connectivity index (χ2n) is 5.50. The summed E-state index contributed by atoms with van der Waals surface area (Å²) in [5.74, 6) is -0.898. The molecule has 0 aliphatic carbocycles. The zero-order valence-corrected chi connectivity index (χ0v) is 12.4. The maximum absolute atomic E-state index is 12.4. The Bertz CT molecular complexity index is 519. The number of carboxylic acid groups (broad SMARTS) is 1. The molecule has 5 heteroatoms. The van der Waals surface area contributed by atoms with Crippen molar-refractivity contribution >= 4 is 11.9 Å². The van der Waals surface area contributed by atoms with Crippen LogP contribution in [0.2, 0.25) is 0 Å². The van der Waals surface area contributed by atoms with Crippen LogP contribution in [0.25, 0.3) is 0 Å². The van der Waals surface area contributed by atoms with Gasteiger partial charge in [0.1, 0.15) is 0 Å². The quantitative estimate of drug-likeness (QED) is 0.920. The molecule has 1 fully saturated rings. The van der Waals surface area contributed by atoms with E-state index in [2.05, 4.69) is 0 Å². The van der Waals surface area contributed by atoms with E-state index in [0.29, 0.717) is 31.6 Å². The van der Waals surface area contributed by atoms with E-state index in [9.17, 15) is 9.59 Å². The topological polar surface area (TPSA) is 66.8 Å². The molecule has 1 N–H and O–H groups in total. The summed E-state index contributed by atoms with van der Waals surface area (Å²) in [5, 5.41) is 9.15. The first-order valence-corrected chi connectivity index (χ1v) is 7.20. The van der Waals surface area contributed by atoms with Crippen molar-refractivity contribution < 1.29 is 19.4 Å². The van der Waals surface area contributed by atoms with Crippen LogP contribution in [0, 0.1) is 0 Å². The molecule has 21 heavy (non-hydrogen) atoms. The highest BCUT2D eigenvalue weighted by Gasteiger charge is 2.29. The molecule has 0 radical (unpaired) electrons. The van der Waals surface area contributed by atoms with Crippen molar-refractivity contribution in [2.45, 2.75) is 38.8 Å². The van der Waals surface area contributed by atoms with Crippen LogP contribution in [-0.4, -0.2) is 47.2 Å². The number of amides is 1. The molecule has 114 valence electrons. The number of carbonyl (C=O) groups excluding carboxylic acids is 1. The van der Waals surface area contributed by atoms with Crippen LogP contribution in [0.15, 0.2) is 24.3 Å². The van der Waals surface area contributed by atoms with Crippen LogP contribution in [0.1, 0.15) is 36.2 Å². The Morgan fingerprint density at radius 1 is 1.24 bits per heavy atom. The summed E-state index contributed by atoms with van der Waals surface area (Å²) in [6.45, 7) is 5.06. The van der Waals surface area contributed by atoms with Crippen molar-refractivity contribution in [2.75, 3.05) is 13.2 Å². The number of morpholine rings is 1. The monoisotopic (exact) mass is 291 g/mol. The van der Waals surface area contributed by atoms with Gasteiger partial charge in [-0.05, 0) is 31.9 Å². The van der Waals surface area contributed by atoms with Gasteiger partial charge in [-0.15, -0.1) is 0 Å². The summed E-state index contributed by atoms with van der Waals surface area (Å²) in [6, 6.07) is 6.96. The molecule has 0 saturated carbocycles. The van der Waals surface area contributed by atoms with E-state index in [1.54, 1.807) is 24.3 Å². The lowest BCUT2D eigenvalue weighted by Crippen LogP contribution is -2.52. The van der Waals surface area contributed by atoms with E-state index in [0.717, 1.165) is 0 Å². The maximum atomic E-state index is 12.4. The van der Waals surface area contributed by atoms with Crippen molar-refractivity contribution in [2.24, 2.45) is 0 Å². The predicted octanol–water partition coefficient (Wildman–Crippen LogP) is 1.95. The van der Waals surface area contributed by atoms with Gasteiger partial charge in [-0.2, -0.15) is 0 Å². The average Bonchev–Trinajstić information content (AvgIpc) is 2.45. The highest BCUT2D eigenvalue weighted by Crippen LogP contribution is 2.17. The summed E-state index contributed by atoms with van der Waals surface area (Å²) in [5.41, 5.74) is 0.972. The second-order valence-corrected chi connectivity index (χ2v) is 5.50. The second kappa shape index (κ2) is 6.72. The van der Waals surface area contributed by atoms with Crippen LogP contribution in [0.5, 0.6) is 0 Å². The van der Waals surface area contributed by atoms with Crippen LogP contribution >= 0.6 is 0 Å². The molecular formula is C16H21NO4. The average molecular weight is 291 g/mol. The molecule has 2 unspecified atom stereocenters. The van der Waals surface area contributed by atoms with Gasteiger partial charge in [0.25, 0.3) is 0 Å². The molecule has 0 bridgehead atoms. The van der Waals surface area contributed by atoms with Gasteiger partial charge in [0.05, 0.1) is 30.9 Å². The molecular weight excluding hydrogens is 270 g/mol. The molecule has 5 nitrogen and oxygen atoms in total. The fourth-order valence-electron chi connectivity index (χ4n) is 2.81. The highest BCUT2D eigenvalue weighted by molar-refractivity contribution is 5.89. The largest absolute Gasteiger partial charge is 0.478 e. The van der Waals surface area contributed by atoms with Crippen LogP contribution in [0.3, 0.4) is 0 Å². The number of hydrogen-bond acceptors (Lipinski definition) is 3. The number of ether oxygens (including phenoxy) is 1. The third-order valence-electron chi connectivity index (χ3n) is 3.81. The number of hydrogen-bond donors (Lipinski definition) is 1. The van der Waals surface area contributed by atoms with Crippen molar-refractivity contribution in [1.82, 2.24) is 4.90 Å². The Morgan fingerprint density at radius 3 is 2.48 bits per heavy atom. The summed E-state index contributed by atoms with van der Waals surface area (Å²) < 4.78 is 5.42. The van der Waals surface area contributed by atoms with E-state index < -0.39 is 5.97 Å². The Hall–Kier alpha value is -1.88. The molecule has 1 amide bonds. The molecule has 1 aliphatic heterocycles. The van der Waals surface area contributed by atoms with Gasteiger partial charge in [0, 0.05) is 6.42 Å². The van der Waals surface area contributed by atoms with E-state index in [-0.39, 0.29) is 23.6 Å². The molecule has 1 aromatic rings. The number of carbonyl (C=O) groups is 2. The SMILES string of the molecule is CC1COCC(C)N1C(=O)CCc1ccccc1C(=O)O. The van der Waals surface area contributed by atoms with Gasteiger partial charge < -0.3 is 14.7 Å². The first-order valence-electron chi connectivity index (χ1n) is 7.20. The van der Waals surface area contributed by atoms with Gasteiger partial charge in [-0.1, -0.05) is 18.2 Å². The minimum atomic E-state index is -0.953. The molecule has 1 aromatic carbocycles. The van der Waals surface area contributed by atoms with Gasteiger partial charge in [0.15, 0.2) is 0 Å². The fraction of sp³-hybridized carbons (Fsp3) is 0.500. The number of aromatic carboxylic acids is 1. The molecule has 1 aliphatic rings. The third kappa shape index (κ3) is 3.61. The van der Waals surface area contributed by atoms with Crippen LogP contribution in [-0.2, 0) is 16.0 Å². The minimum absolute atomic E-state index is 0.0542. The minimum Gasteiger partial charge on any atom is -0.478 e. The zero-order chi connectivity index (χ0) is 15.4. The first kappa shape index (κ1) is 15.5. The number of nitrogens with zero attached hydrogens (tertiary/aromatic N) is 1. The summed E-state index contributed by atoms with van der Waals surface area (Å²) >= 11 is 0. The normalized spacial score (nSPS) is 22.1. The van der Waals surface area contributed by atoms with E-state index in [1.165, 1.54) is 0 Å². The van der Waals surface area contributed by atoms with E-state index in [4.69, 9.17) is 9.84 Å². The van der Waals surface area contributed by atoms with E-state index >= 15 is 0 Å². The highest BCUT2D eigenvalue weighted by atomic mass is 16.5. The lowest BCUT2D eigenvalue weighted by molar-refractivity contribution is -0.144. The van der Waals surface area contributed by atoms with Gasteiger partial charge in [-0.3, -0.25) is 4.79 Å².